The van der Waals surface area contributed by atoms with Crippen LogP contribution < -0.4 is 0 Å². The summed E-state index contributed by atoms with van der Waals surface area (Å²) in [5, 5.41) is 0. The van der Waals surface area contributed by atoms with Crippen molar-refractivity contribution in [2.75, 3.05) is 13.1 Å². The topological polar surface area (TPSA) is 20.3 Å². The molecule has 0 radical (unpaired) electrons. The molecule has 0 saturated carbocycles. The molecule has 2 nitrogen and oxygen atoms in total. The van der Waals surface area contributed by atoms with Gasteiger partial charge in [0, 0.05) is 13.1 Å². The zero-order chi connectivity index (χ0) is 8.27. The molecule has 0 bridgehead atoms. The van der Waals surface area contributed by atoms with Crippen molar-refractivity contribution in [3.63, 3.8) is 0 Å². The number of hydrogen-bond donors (Lipinski definition) is 0. The van der Waals surface area contributed by atoms with Crippen LogP contribution in [0.5, 0.6) is 0 Å². The molecule has 1 heterocycles. The number of rotatable bonds is 1. The minimum Gasteiger partial charge on any atom is -0.339 e. The second-order valence-electron chi connectivity index (χ2n) is 3.21. The molecular weight excluding hydrogens is 138 g/mol. The van der Waals surface area contributed by atoms with Crippen LogP contribution in [0.2, 0.25) is 0 Å². The summed E-state index contributed by atoms with van der Waals surface area (Å²) in [5.41, 5.74) is 0. The molecule has 0 unspecified atom stereocenters. The number of carbonyl (C=O) groups excluding carboxylic acids is 1. The molecule has 0 aromatic rings. The Morgan fingerprint density at radius 3 is 2.55 bits per heavy atom. The summed E-state index contributed by atoms with van der Waals surface area (Å²) in [6, 6.07) is 0. The van der Waals surface area contributed by atoms with Gasteiger partial charge < -0.3 is 4.90 Å². The van der Waals surface area contributed by atoms with Crippen LogP contribution in [-0.4, -0.2) is 23.9 Å². The molecule has 1 fully saturated rings. The molecule has 1 saturated heterocycles. The summed E-state index contributed by atoms with van der Waals surface area (Å²) < 4.78 is 0. The maximum Gasteiger partial charge on any atom is 0.245 e. The Bertz CT molecular complexity index is 157. The van der Waals surface area contributed by atoms with Gasteiger partial charge in [0.15, 0.2) is 0 Å². The van der Waals surface area contributed by atoms with E-state index in [0.29, 0.717) is 0 Å². The maximum atomic E-state index is 11.1. The van der Waals surface area contributed by atoms with E-state index in [1.807, 2.05) is 4.90 Å². The fourth-order valence-corrected chi connectivity index (χ4v) is 1.36. The minimum absolute atomic E-state index is 0.0805. The number of piperidine rings is 1. The molecule has 1 aliphatic heterocycles. The van der Waals surface area contributed by atoms with Crippen molar-refractivity contribution in [2.24, 2.45) is 5.92 Å². The van der Waals surface area contributed by atoms with Crippen LogP contribution >= 0.6 is 0 Å². The van der Waals surface area contributed by atoms with Crippen LogP contribution in [0.4, 0.5) is 0 Å². The van der Waals surface area contributed by atoms with E-state index in [1.165, 1.54) is 6.08 Å². The largest absolute Gasteiger partial charge is 0.339 e. The van der Waals surface area contributed by atoms with Gasteiger partial charge in [0.1, 0.15) is 0 Å². The molecule has 0 N–H and O–H groups in total. The lowest BCUT2D eigenvalue weighted by Crippen LogP contribution is -2.36. The summed E-state index contributed by atoms with van der Waals surface area (Å²) in [5.74, 6) is 0.862. The normalized spacial score (nSPS) is 19.9. The Morgan fingerprint density at radius 2 is 2.09 bits per heavy atom. The van der Waals surface area contributed by atoms with E-state index in [9.17, 15) is 4.79 Å². The molecule has 2 heteroatoms. The van der Waals surface area contributed by atoms with Gasteiger partial charge in [-0.2, -0.15) is 0 Å². The molecule has 0 aromatic carbocycles. The number of nitrogens with zero attached hydrogens (tertiary/aromatic N) is 1. The Hall–Kier alpha value is -0.790. The van der Waals surface area contributed by atoms with Crippen LogP contribution in [0.25, 0.3) is 0 Å². The number of hydrogen-bond acceptors (Lipinski definition) is 1. The van der Waals surface area contributed by atoms with Crippen molar-refractivity contribution >= 4 is 5.91 Å². The standard InChI is InChI=1S/C9H15NO/c1-3-9(11)10-6-4-8(2)5-7-10/h3,8H,1,4-7H2,2H3. The van der Waals surface area contributed by atoms with E-state index in [4.69, 9.17) is 0 Å². The molecule has 0 aliphatic carbocycles. The van der Waals surface area contributed by atoms with Crippen LogP contribution in [0.3, 0.4) is 0 Å². The van der Waals surface area contributed by atoms with Gasteiger partial charge in [-0.05, 0) is 24.8 Å². The summed E-state index contributed by atoms with van der Waals surface area (Å²) in [4.78, 5) is 12.9. The molecule has 1 aliphatic rings. The van der Waals surface area contributed by atoms with Crippen molar-refractivity contribution in [3.05, 3.63) is 12.7 Å². The highest BCUT2D eigenvalue weighted by Crippen LogP contribution is 2.15. The highest BCUT2D eigenvalue weighted by molar-refractivity contribution is 5.87. The van der Waals surface area contributed by atoms with Crippen molar-refractivity contribution in [3.8, 4) is 0 Å². The molecule has 62 valence electrons. The van der Waals surface area contributed by atoms with Crippen molar-refractivity contribution in [1.29, 1.82) is 0 Å². The third-order valence-electron chi connectivity index (χ3n) is 2.27. The number of amides is 1. The summed E-state index contributed by atoms with van der Waals surface area (Å²) in [6.45, 7) is 7.51. The predicted octanol–water partition coefficient (Wildman–Crippen LogP) is 1.43. The minimum atomic E-state index is 0.0805. The summed E-state index contributed by atoms with van der Waals surface area (Å²) >= 11 is 0. The van der Waals surface area contributed by atoms with Crippen LogP contribution in [0, 0.1) is 5.92 Å². The quantitative estimate of drug-likeness (QED) is 0.522. The SMILES string of the molecule is C=CC(=O)N1CCC(C)CC1. The summed E-state index contributed by atoms with van der Waals surface area (Å²) in [7, 11) is 0. The zero-order valence-corrected chi connectivity index (χ0v) is 7.05. The predicted molar refractivity (Wildman–Crippen MR) is 45.2 cm³/mol. The van der Waals surface area contributed by atoms with Crippen molar-refractivity contribution in [2.45, 2.75) is 19.8 Å². The molecule has 0 atom stereocenters. The first-order valence-electron chi connectivity index (χ1n) is 4.15. The van der Waals surface area contributed by atoms with E-state index in [1.54, 1.807) is 0 Å². The first-order chi connectivity index (χ1) is 5.24. The van der Waals surface area contributed by atoms with Crippen molar-refractivity contribution in [1.82, 2.24) is 4.90 Å². The fraction of sp³-hybridized carbons (Fsp3) is 0.667. The van der Waals surface area contributed by atoms with Gasteiger partial charge in [-0.25, -0.2) is 0 Å². The van der Waals surface area contributed by atoms with E-state index < -0.39 is 0 Å². The number of carbonyl (C=O) groups is 1. The molecule has 1 amide bonds. The highest BCUT2D eigenvalue weighted by atomic mass is 16.2. The lowest BCUT2D eigenvalue weighted by molar-refractivity contribution is -0.127. The first kappa shape index (κ1) is 8.31. The molecule has 1 rings (SSSR count). The van der Waals surface area contributed by atoms with Gasteiger partial charge in [-0.3, -0.25) is 4.79 Å². The van der Waals surface area contributed by atoms with Gasteiger partial charge >= 0.3 is 0 Å². The highest BCUT2D eigenvalue weighted by Gasteiger charge is 2.17. The van der Waals surface area contributed by atoms with Gasteiger partial charge in [0.05, 0.1) is 0 Å². The lowest BCUT2D eigenvalue weighted by Gasteiger charge is -2.29. The van der Waals surface area contributed by atoms with Crippen LogP contribution in [0.15, 0.2) is 12.7 Å². The van der Waals surface area contributed by atoms with Crippen LogP contribution in [-0.2, 0) is 4.79 Å². The lowest BCUT2D eigenvalue weighted by atomic mass is 9.99. The molecule has 11 heavy (non-hydrogen) atoms. The van der Waals surface area contributed by atoms with Gasteiger partial charge in [-0.1, -0.05) is 13.5 Å². The third-order valence-corrected chi connectivity index (χ3v) is 2.27. The number of likely N-dealkylation sites (tertiary alicyclic amines) is 1. The Labute approximate surface area is 67.9 Å². The fourth-order valence-electron chi connectivity index (χ4n) is 1.36. The van der Waals surface area contributed by atoms with E-state index in [-0.39, 0.29) is 5.91 Å². The van der Waals surface area contributed by atoms with Gasteiger partial charge in [-0.15, -0.1) is 0 Å². The Kier molecular flexibility index (Phi) is 2.69. The van der Waals surface area contributed by atoms with Crippen LogP contribution in [0.1, 0.15) is 19.8 Å². The zero-order valence-electron chi connectivity index (χ0n) is 7.05. The van der Waals surface area contributed by atoms with E-state index >= 15 is 0 Å². The average Bonchev–Trinajstić information content (AvgIpc) is 2.05. The third kappa shape index (κ3) is 2.07. The molecule has 0 aromatic heterocycles. The Balaban J connectivity index is 2.38. The first-order valence-corrected chi connectivity index (χ1v) is 4.15. The molecular formula is C9H15NO. The average molecular weight is 153 g/mol. The maximum absolute atomic E-state index is 11.1. The van der Waals surface area contributed by atoms with Gasteiger partial charge in [0.25, 0.3) is 0 Å². The molecule has 0 spiro atoms. The monoisotopic (exact) mass is 153 g/mol. The second kappa shape index (κ2) is 3.56. The van der Waals surface area contributed by atoms with E-state index in [0.717, 1.165) is 31.8 Å². The Morgan fingerprint density at radius 1 is 1.55 bits per heavy atom. The van der Waals surface area contributed by atoms with Crippen molar-refractivity contribution < 1.29 is 4.79 Å². The van der Waals surface area contributed by atoms with Gasteiger partial charge in [0.2, 0.25) is 5.91 Å². The second-order valence-corrected chi connectivity index (χ2v) is 3.21. The summed E-state index contributed by atoms with van der Waals surface area (Å²) in [6.07, 6.45) is 3.68. The van der Waals surface area contributed by atoms with E-state index in [2.05, 4.69) is 13.5 Å². The smallest absolute Gasteiger partial charge is 0.245 e.